The first kappa shape index (κ1) is 10.7. The molecule has 1 aromatic carbocycles. The molecule has 0 aromatic heterocycles. The smallest absolute Gasteiger partial charge is 0.00404 e. The summed E-state index contributed by atoms with van der Waals surface area (Å²) in [5.74, 6) is 0. The maximum Gasteiger partial charge on any atom is 0.00404 e. The number of benzene rings is 1. The molecule has 0 atom stereocenters. The van der Waals surface area contributed by atoms with Gasteiger partial charge in [-0.3, -0.25) is 0 Å². The van der Waals surface area contributed by atoms with Crippen molar-refractivity contribution >= 4 is 30.8 Å². The number of hydrogen-bond acceptors (Lipinski definition) is 2. The molecule has 0 fully saturated rings. The molecule has 0 N–H and O–H groups in total. The van der Waals surface area contributed by atoms with Crippen LogP contribution in [0.2, 0.25) is 0 Å². The summed E-state index contributed by atoms with van der Waals surface area (Å²) in [7, 11) is 0. The standard InChI is InChI=1S/C13H12S2/c14-12-3-1-2-10(4-7-12)11-5-8-13(15)9-6-11/h2-9,14-15H,1H2. The summed E-state index contributed by atoms with van der Waals surface area (Å²) in [6.07, 6.45) is 9.35. The summed E-state index contributed by atoms with van der Waals surface area (Å²) in [4.78, 5) is 2.01. The maximum absolute atomic E-state index is 4.33. The highest BCUT2D eigenvalue weighted by Crippen LogP contribution is 2.22. The van der Waals surface area contributed by atoms with Crippen LogP contribution >= 0.6 is 25.3 Å². The largest absolute Gasteiger partial charge is 0.144 e. The molecule has 1 aliphatic rings. The van der Waals surface area contributed by atoms with Crippen molar-refractivity contribution in [2.24, 2.45) is 0 Å². The zero-order valence-electron chi connectivity index (χ0n) is 8.22. The second-order valence-electron chi connectivity index (χ2n) is 3.40. The summed E-state index contributed by atoms with van der Waals surface area (Å²) >= 11 is 8.60. The number of thiol groups is 2. The molecular formula is C13H12S2. The Hall–Kier alpha value is -0.860. The van der Waals surface area contributed by atoms with Crippen LogP contribution < -0.4 is 0 Å². The van der Waals surface area contributed by atoms with Gasteiger partial charge in [-0.05, 0) is 35.8 Å². The van der Waals surface area contributed by atoms with Gasteiger partial charge in [-0.1, -0.05) is 30.4 Å². The molecule has 0 aliphatic heterocycles. The minimum Gasteiger partial charge on any atom is -0.144 e. The van der Waals surface area contributed by atoms with E-state index in [9.17, 15) is 0 Å². The Kier molecular flexibility index (Phi) is 3.39. The van der Waals surface area contributed by atoms with Gasteiger partial charge in [0.2, 0.25) is 0 Å². The van der Waals surface area contributed by atoms with E-state index in [2.05, 4.69) is 55.6 Å². The predicted molar refractivity (Wildman–Crippen MR) is 72.5 cm³/mol. The van der Waals surface area contributed by atoms with Gasteiger partial charge in [0.05, 0.1) is 0 Å². The molecular weight excluding hydrogens is 220 g/mol. The highest BCUT2D eigenvalue weighted by Gasteiger charge is 1.99. The summed E-state index contributed by atoms with van der Waals surface area (Å²) < 4.78 is 0. The third-order valence-corrected chi connectivity index (χ3v) is 2.93. The van der Waals surface area contributed by atoms with Crippen LogP contribution in [0.5, 0.6) is 0 Å². The number of rotatable bonds is 1. The fourth-order valence-electron chi connectivity index (χ4n) is 1.49. The highest BCUT2D eigenvalue weighted by molar-refractivity contribution is 7.84. The fraction of sp³-hybridized carbons (Fsp3) is 0.0769. The van der Waals surface area contributed by atoms with Crippen LogP contribution in [0, 0.1) is 0 Å². The maximum atomic E-state index is 4.33. The van der Waals surface area contributed by atoms with Crippen LogP contribution in [-0.2, 0) is 0 Å². The Morgan fingerprint density at radius 2 is 1.60 bits per heavy atom. The SMILES string of the molecule is SC1=CCC=C(c2ccc(S)cc2)C=C1. The Morgan fingerprint density at radius 3 is 2.33 bits per heavy atom. The lowest BCUT2D eigenvalue weighted by Gasteiger charge is -2.01. The van der Waals surface area contributed by atoms with Crippen LogP contribution in [0.1, 0.15) is 12.0 Å². The van der Waals surface area contributed by atoms with E-state index < -0.39 is 0 Å². The van der Waals surface area contributed by atoms with Gasteiger partial charge in [0.1, 0.15) is 0 Å². The average Bonchev–Trinajstić information content (AvgIpc) is 2.44. The van der Waals surface area contributed by atoms with E-state index >= 15 is 0 Å². The molecule has 0 radical (unpaired) electrons. The molecule has 0 bridgehead atoms. The first-order valence-corrected chi connectivity index (χ1v) is 5.72. The topological polar surface area (TPSA) is 0 Å². The average molecular weight is 232 g/mol. The van der Waals surface area contributed by atoms with Crippen LogP contribution in [0.4, 0.5) is 0 Å². The summed E-state index contributed by atoms with van der Waals surface area (Å²) in [5, 5.41) is 0. The van der Waals surface area contributed by atoms with Crippen molar-refractivity contribution < 1.29 is 0 Å². The van der Waals surface area contributed by atoms with E-state index in [1.165, 1.54) is 11.1 Å². The molecule has 1 aromatic rings. The molecule has 2 heteroatoms. The van der Waals surface area contributed by atoms with Gasteiger partial charge in [0.15, 0.2) is 0 Å². The predicted octanol–water partition coefficient (Wildman–Crippen LogP) is 4.13. The molecule has 0 saturated heterocycles. The van der Waals surface area contributed by atoms with Gasteiger partial charge in [-0.25, -0.2) is 0 Å². The zero-order valence-corrected chi connectivity index (χ0v) is 10.0. The third-order valence-electron chi connectivity index (χ3n) is 2.30. The second kappa shape index (κ2) is 4.77. The third kappa shape index (κ3) is 2.80. The molecule has 0 nitrogen and oxygen atoms in total. The van der Waals surface area contributed by atoms with Crippen molar-refractivity contribution in [2.45, 2.75) is 11.3 Å². The molecule has 2 rings (SSSR count). The van der Waals surface area contributed by atoms with Gasteiger partial charge in [0.25, 0.3) is 0 Å². The van der Waals surface area contributed by atoms with Crippen molar-refractivity contribution in [3.63, 3.8) is 0 Å². The van der Waals surface area contributed by atoms with E-state index in [-0.39, 0.29) is 0 Å². The molecule has 76 valence electrons. The van der Waals surface area contributed by atoms with Crippen LogP contribution in [-0.4, -0.2) is 0 Å². The first-order chi connectivity index (χ1) is 7.25. The number of hydrogen-bond donors (Lipinski definition) is 2. The quantitative estimate of drug-likeness (QED) is 0.668. The van der Waals surface area contributed by atoms with Gasteiger partial charge >= 0.3 is 0 Å². The highest BCUT2D eigenvalue weighted by atomic mass is 32.1. The molecule has 0 spiro atoms. The second-order valence-corrected chi connectivity index (χ2v) is 4.44. The van der Waals surface area contributed by atoms with Gasteiger partial charge in [0, 0.05) is 9.80 Å². The molecule has 0 unspecified atom stereocenters. The van der Waals surface area contributed by atoms with Crippen molar-refractivity contribution in [1.82, 2.24) is 0 Å². The molecule has 0 heterocycles. The molecule has 0 saturated carbocycles. The lowest BCUT2D eigenvalue weighted by Crippen LogP contribution is -1.79. The van der Waals surface area contributed by atoms with E-state index in [1.807, 2.05) is 18.2 Å². The Labute approximate surface area is 101 Å². The van der Waals surface area contributed by atoms with Crippen LogP contribution in [0.15, 0.2) is 58.4 Å². The minimum atomic E-state index is 0.934. The van der Waals surface area contributed by atoms with Crippen molar-refractivity contribution in [2.75, 3.05) is 0 Å². The first-order valence-electron chi connectivity index (χ1n) is 4.82. The van der Waals surface area contributed by atoms with Crippen molar-refractivity contribution in [1.29, 1.82) is 0 Å². The van der Waals surface area contributed by atoms with Crippen molar-refractivity contribution in [3.05, 3.63) is 59.0 Å². The van der Waals surface area contributed by atoms with Crippen LogP contribution in [0.25, 0.3) is 5.57 Å². The van der Waals surface area contributed by atoms with E-state index in [1.54, 1.807) is 0 Å². The molecule has 0 amide bonds. The Bertz CT molecular complexity index is 436. The van der Waals surface area contributed by atoms with Crippen LogP contribution in [0.3, 0.4) is 0 Å². The van der Waals surface area contributed by atoms with Gasteiger partial charge in [-0.15, -0.1) is 25.3 Å². The summed E-state index contributed by atoms with van der Waals surface area (Å²) in [6.45, 7) is 0. The monoisotopic (exact) mass is 232 g/mol. The zero-order chi connectivity index (χ0) is 10.7. The van der Waals surface area contributed by atoms with Gasteiger partial charge < -0.3 is 0 Å². The van der Waals surface area contributed by atoms with Gasteiger partial charge in [-0.2, -0.15) is 0 Å². The molecule has 1 aliphatic carbocycles. The summed E-state index contributed by atoms with van der Waals surface area (Å²) in [5.41, 5.74) is 2.46. The normalized spacial score (nSPS) is 15.6. The molecule has 15 heavy (non-hydrogen) atoms. The number of allylic oxidation sites excluding steroid dienone is 5. The lowest BCUT2D eigenvalue weighted by atomic mass is 10.1. The van der Waals surface area contributed by atoms with E-state index in [4.69, 9.17) is 0 Å². The van der Waals surface area contributed by atoms with E-state index in [0.717, 1.165) is 16.2 Å². The Morgan fingerprint density at radius 1 is 0.867 bits per heavy atom. The fourth-order valence-corrected chi connectivity index (χ4v) is 1.81. The lowest BCUT2D eigenvalue weighted by molar-refractivity contribution is 1.39. The summed E-state index contributed by atoms with van der Waals surface area (Å²) in [6, 6.07) is 8.18. The van der Waals surface area contributed by atoms with Crippen molar-refractivity contribution in [3.8, 4) is 0 Å². The van der Waals surface area contributed by atoms with E-state index in [0.29, 0.717) is 0 Å². The Balaban J connectivity index is 2.29. The minimum absolute atomic E-state index is 0.934.